The van der Waals surface area contributed by atoms with Gasteiger partial charge in [0.1, 0.15) is 0 Å². The lowest BCUT2D eigenvalue weighted by Gasteiger charge is -2.28. The summed E-state index contributed by atoms with van der Waals surface area (Å²) < 4.78 is 16.2. The largest absolute Gasteiger partial charge is 0.469 e. The number of benzene rings is 1. The van der Waals surface area contributed by atoms with Gasteiger partial charge in [-0.05, 0) is 36.8 Å². The van der Waals surface area contributed by atoms with Crippen molar-refractivity contribution in [2.75, 3.05) is 14.2 Å². The average molecular weight is 292 g/mol. The number of hydrogen-bond donors (Lipinski definition) is 0. The van der Waals surface area contributed by atoms with E-state index in [1.807, 2.05) is 24.3 Å². The number of hydrogen-bond acceptors (Lipinski definition) is 4. The first kappa shape index (κ1) is 16.0. The molecule has 21 heavy (non-hydrogen) atoms. The Morgan fingerprint density at radius 1 is 1.14 bits per heavy atom. The van der Waals surface area contributed by atoms with Crippen LogP contribution in [0.3, 0.4) is 0 Å². The van der Waals surface area contributed by atoms with Crippen LogP contribution in [0.2, 0.25) is 0 Å². The van der Waals surface area contributed by atoms with Crippen molar-refractivity contribution >= 4 is 5.97 Å². The third kappa shape index (κ3) is 4.83. The van der Waals surface area contributed by atoms with Gasteiger partial charge in [-0.1, -0.05) is 24.3 Å². The van der Waals surface area contributed by atoms with Crippen LogP contribution in [0.25, 0.3) is 0 Å². The van der Waals surface area contributed by atoms with Crippen molar-refractivity contribution in [3.8, 4) is 0 Å². The van der Waals surface area contributed by atoms with Gasteiger partial charge in [-0.25, -0.2) is 0 Å². The van der Waals surface area contributed by atoms with Crippen LogP contribution in [0.5, 0.6) is 0 Å². The summed E-state index contributed by atoms with van der Waals surface area (Å²) >= 11 is 0. The van der Waals surface area contributed by atoms with Crippen LogP contribution < -0.4 is 0 Å². The predicted molar refractivity (Wildman–Crippen MR) is 80.0 cm³/mol. The fraction of sp³-hybridized carbons (Fsp3) is 0.588. The van der Waals surface area contributed by atoms with Gasteiger partial charge in [0.15, 0.2) is 0 Å². The standard InChI is InChI=1S/C17H24O4/c1-19-15-8-5-9-16(11-15)21-12-14-7-4-3-6-13(14)10-17(18)20-2/h3-4,6-7,15-16H,5,8-12H2,1-2H3. The van der Waals surface area contributed by atoms with E-state index in [4.69, 9.17) is 14.2 Å². The zero-order valence-corrected chi connectivity index (χ0v) is 12.8. The molecule has 2 unspecified atom stereocenters. The normalized spacial score (nSPS) is 22.0. The first-order valence-electron chi connectivity index (χ1n) is 7.51. The molecular weight excluding hydrogens is 268 g/mol. The second kappa shape index (κ2) is 8.15. The zero-order valence-electron chi connectivity index (χ0n) is 12.8. The molecule has 2 atom stereocenters. The molecule has 0 spiro atoms. The van der Waals surface area contributed by atoms with E-state index in [1.54, 1.807) is 7.11 Å². The minimum atomic E-state index is -0.223. The maximum atomic E-state index is 11.4. The molecule has 4 nitrogen and oxygen atoms in total. The van der Waals surface area contributed by atoms with Gasteiger partial charge in [0.25, 0.3) is 0 Å². The maximum Gasteiger partial charge on any atom is 0.309 e. The van der Waals surface area contributed by atoms with Gasteiger partial charge in [0.05, 0.1) is 32.3 Å². The number of methoxy groups -OCH3 is 2. The highest BCUT2D eigenvalue weighted by molar-refractivity contribution is 5.72. The lowest BCUT2D eigenvalue weighted by molar-refractivity contribution is -0.139. The fourth-order valence-electron chi connectivity index (χ4n) is 2.77. The first-order valence-corrected chi connectivity index (χ1v) is 7.51. The van der Waals surface area contributed by atoms with Crippen LogP contribution in [0.1, 0.15) is 36.8 Å². The highest BCUT2D eigenvalue weighted by atomic mass is 16.5. The third-order valence-electron chi connectivity index (χ3n) is 4.07. The molecule has 1 aliphatic rings. The lowest BCUT2D eigenvalue weighted by atomic mass is 9.95. The summed E-state index contributed by atoms with van der Waals surface area (Å²) in [6.07, 6.45) is 5.15. The Morgan fingerprint density at radius 2 is 1.86 bits per heavy atom. The minimum absolute atomic E-state index is 0.223. The van der Waals surface area contributed by atoms with E-state index < -0.39 is 0 Å². The van der Waals surface area contributed by atoms with Crippen LogP contribution in [-0.4, -0.2) is 32.4 Å². The van der Waals surface area contributed by atoms with Crippen molar-refractivity contribution in [1.82, 2.24) is 0 Å². The van der Waals surface area contributed by atoms with Crippen molar-refractivity contribution in [2.24, 2.45) is 0 Å². The second-order valence-electron chi connectivity index (χ2n) is 5.48. The molecule has 1 fully saturated rings. The summed E-state index contributed by atoms with van der Waals surface area (Å²) in [5.41, 5.74) is 2.03. The molecule has 1 aromatic carbocycles. The average Bonchev–Trinajstić information content (AvgIpc) is 2.54. The molecule has 0 heterocycles. The van der Waals surface area contributed by atoms with E-state index in [9.17, 15) is 4.79 Å². The number of carbonyl (C=O) groups excluding carboxylic acids is 1. The second-order valence-corrected chi connectivity index (χ2v) is 5.48. The Bertz CT molecular complexity index is 458. The Labute approximate surface area is 126 Å². The van der Waals surface area contributed by atoms with Crippen molar-refractivity contribution < 1.29 is 19.0 Å². The smallest absolute Gasteiger partial charge is 0.309 e. The van der Waals surface area contributed by atoms with Gasteiger partial charge in [-0.2, -0.15) is 0 Å². The monoisotopic (exact) mass is 292 g/mol. The Morgan fingerprint density at radius 3 is 2.57 bits per heavy atom. The molecule has 0 radical (unpaired) electrons. The predicted octanol–water partition coefficient (Wildman–Crippen LogP) is 2.88. The molecule has 116 valence electrons. The number of rotatable bonds is 6. The molecular formula is C17H24O4. The van der Waals surface area contributed by atoms with E-state index in [0.29, 0.717) is 19.1 Å². The maximum absolute atomic E-state index is 11.4. The fourth-order valence-corrected chi connectivity index (χ4v) is 2.77. The number of carbonyl (C=O) groups is 1. The minimum Gasteiger partial charge on any atom is -0.469 e. The quantitative estimate of drug-likeness (QED) is 0.756. The Hall–Kier alpha value is -1.39. The highest BCUT2D eigenvalue weighted by Gasteiger charge is 2.22. The summed E-state index contributed by atoms with van der Waals surface area (Å²) in [6.45, 7) is 0.536. The topological polar surface area (TPSA) is 44.8 Å². The third-order valence-corrected chi connectivity index (χ3v) is 4.07. The van der Waals surface area contributed by atoms with Gasteiger partial charge >= 0.3 is 5.97 Å². The first-order chi connectivity index (χ1) is 10.2. The van der Waals surface area contributed by atoms with Crippen LogP contribution in [-0.2, 0) is 32.0 Å². The van der Waals surface area contributed by atoms with E-state index in [2.05, 4.69) is 0 Å². The summed E-state index contributed by atoms with van der Waals surface area (Å²) in [4.78, 5) is 11.4. The van der Waals surface area contributed by atoms with Crippen LogP contribution in [0.15, 0.2) is 24.3 Å². The Kier molecular flexibility index (Phi) is 6.21. The molecule has 2 rings (SSSR count). The van der Waals surface area contributed by atoms with Crippen LogP contribution in [0, 0.1) is 0 Å². The summed E-state index contributed by atoms with van der Waals surface area (Å²) in [5, 5.41) is 0. The molecule has 1 aromatic rings. The molecule has 0 amide bonds. The summed E-state index contributed by atoms with van der Waals surface area (Å²) in [5.74, 6) is -0.223. The summed E-state index contributed by atoms with van der Waals surface area (Å²) in [7, 11) is 3.17. The SMILES string of the molecule is COC(=O)Cc1ccccc1COC1CCCC(OC)C1. The van der Waals surface area contributed by atoms with Crippen molar-refractivity contribution in [3.63, 3.8) is 0 Å². The van der Waals surface area contributed by atoms with E-state index in [0.717, 1.165) is 36.8 Å². The lowest BCUT2D eigenvalue weighted by Crippen LogP contribution is -2.27. The Balaban J connectivity index is 1.92. The zero-order chi connectivity index (χ0) is 15.1. The summed E-state index contributed by atoms with van der Waals surface area (Å²) in [6, 6.07) is 7.87. The molecule has 0 bridgehead atoms. The van der Waals surface area contributed by atoms with E-state index in [1.165, 1.54) is 7.11 Å². The van der Waals surface area contributed by atoms with Gasteiger partial charge in [0.2, 0.25) is 0 Å². The van der Waals surface area contributed by atoms with Gasteiger partial charge in [-0.15, -0.1) is 0 Å². The molecule has 4 heteroatoms. The van der Waals surface area contributed by atoms with E-state index in [-0.39, 0.29) is 12.1 Å². The molecule has 0 saturated heterocycles. The van der Waals surface area contributed by atoms with Gasteiger partial charge in [0, 0.05) is 7.11 Å². The molecule has 0 aromatic heterocycles. The van der Waals surface area contributed by atoms with Crippen molar-refractivity contribution in [2.45, 2.75) is 50.9 Å². The van der Waals surface area contributed by atoms with Crippen LogP contribution >= 0.6 is 0 Å². The van der Waals surface area contributed by atoms with Crippen molar-refractivity contribution in [1.29, 1.82) is 0 Å². The molecule has 1 saturated carbocycles. The number of ether oxygens (including phenoxy) is 3. The van der Waals surface area contributed by atoms with E-state index >= 15 is 0 Å². The molecule has 0 N–H and O–H groups in total. The van der Waals surface area contributed by atoms with Crippen molar-refractivity contribution in [3.05, 3.63) is 35.4 Å². The van der Waals surface area contributed by atoms with Crippen LogP contribution in [0.4, 0.5) is 0 Å². The van der Waals surface area contributed by atoms with Gasteiger partial charge in [-0.3, -0.25) is 4.79 Å². The highest BCUT2D eigenvalue weighted by Crippen LogP contribution is 2.24. The number of esters is 1. The molecule has 0 aliphatic heterocycles. The van der Waals surface area contributed by atoms with Gasteiger partial charge < -0.3 is 14.2 Å². The molecule has 1 aliphatic carbocycles.